The molecule has 0 aromatic heterocycles. The van der Waals surface area contributed by atoms with Gasteiger partial charge in [-0.3, -0.25) is 9.59 Å². The highest BCUT2D eigenvalue weighted by atomic mass is 35.5. The van der Waals surface area contributed by atoms with Gasteiger partial charge in [0.2, 0.25) is 0 Å². The highest BCUT2D eigenvalue weighted by Crippen LogP contribution is 2.21. The van der Waals surface area contributed by atoms with Crippen molar-refractivity contribution in [1.82, 2.24) is 10.7 Å². The van der Waals surface area contributed by atoms with Gasteiger partial charge in [0.1, 0.15) is 6.04 Å². The van der Waals surface area contributed by atoms with Crippen LogP contribution in [0.2, 0.25) is 10.0 Å². The number of rotatable bonds is 6. The second kappa shape index (κ2) is 9.74. The number of hydrogen-bond donors (Lipinski definition) is 2. The zero-order valence-corrected chi connectivity index (χ0v) is 18.0. The Morgan fingerprint density at radius 1 is 1.00 bits per heavy atom. The van der Waals surface area contributed by atoms with Gasteiger partial charge in [-0.2, -0.15) is 5.10 Å². The first-order valence-corrected chi connectivity index (χ1v) is 10.2. The molecule has 0 aliphatic carbocycles. The lowest BCUT2D eigenvalue weighted by Crippen LogP contribution is -2.48. The summed E-state index contributed by atoms with van der Waals surface area (Å²) in [5.41, 5.74) is 3.65. The molecule has 30 heavy (non-hydrogen) atoms. The number of nitrogens with zero attached hydrogens (tertiary/aromatic N) is 1. The third-order valence-electron chi connectivity index (χ3n) is 4.61. The van der Waals surface area contributed by atoms with Crippen LogP contribution in [0.4, 0.5) is 0 Å². The van der Waals surface area contributed by atoms with E-state index in [1.807, 2.05) is 56.3 Å². The van der Waals surface area contributed by atoms with Crippen molar-refractivity contribution < 1.29 is 9.59 Å². The SMILES string of the molecule is CC(C)C(NC(=O)c1ccc(Cl)cc1Cl)C(=O)N/N=C/c1cccc2ccccc12. The quantitative estimate of drug-likeness (QED) is 0.414. The second-order valence-corrected chi connectivity index (χ2v) is 7.97. The maximum Gasteiger partial charge on any atom is 0.262 e. The van der Waals surface area contributed by atoms with Crippen molar-refractivity contribution in [2.45, 2.75) is 19.9 Å². The third-order valence-corrected chi connectivity index (χ3v) is 5.16. The largest absolute Gasteiger partial charge is 0.340 e. The molecule has 0 spiro atoms. The minimum absolute atomic E-state index is 0.159. The standard InChI is InChI=1S/C23H21Cl2N3O2/c1-14(2)21(27-22(29)19-11-10-17(24)12-20(19)25)23(30)28-26-13-16-8-5-7-15-6-3-4-9-18(15)16/h3-14,21H,1-2H3,(H,27,29)(H,28,30)/b26-13+. The Balaban J connectivity index is 1.71. The number of nitrogens with one attached hydrogen (secondary N) is 2. The Labute approximate surface area is 185 Å². The van der Waals surface area contributed by atoms with E-state index in [1.165, 1.54) is 12.1 Å². The first kappa shape index (κ1) is 21.8. The van der Waals surface area contributed by atoms with Crippen molar-refractivity contribution in [3.63, 3.8) is 0 Å². The smallest absolute Gasteiger partial charge is 0.262 e. The van der Waals surface area contributed by atoms with Crippen LogP contribution in [0.3, 0.4) is 0 Å². The molecule has 7 heteroatoms. The molecule has 0 heterocycles. The molecule has 0 aliphatic rings. The summed E-state index contributed by atoms with van der Waals surface area (Å²) >= 11 is 12.0. The molecule has 5 nitrogen and oxygen atoms in total. The average Bonchev–Trinajstić information content (AvgIpc) is 2.71. The van der Waals surface area contributed by atoms with E-state index in [4.69, 9.17) is 23.2 Å². The maximum absolute atomic E-state index is 12.7. The van der Waals surface area contributed by atoms with Crippen molar-refractivity contribution in [2.24, 2.45) is 11.0 Å². The Morgan fingerprint density at radius 3 is 2.47 bits per heavy atom. The Morgan fingerprint density at radius 2 is 1.73 bits per heavy atom. The molecule has 2 amide bonds. The average molecular weight is 442 g/mol. The second-order valence-electron chi connectivity index (χ2n) is 7.12. The molecule has 154 valence electrons. The molecule has 3 aromatic rings. The Hall–Kier alpha value is -2.89. The van der Waals surface area contributed by atoms with Crippen LogP contribution >= 0.6 is 23.2 Å². The fourth-order valence-electron chi connectivity index (χ4n) is 3.03. The van der Waals surface area contributed by atoms with Crippen molar-refractivity contribution in [1.29, 1.82) is 0 Å². The number of benzene rings is 3. The molecule has 3 rings (SSSR count). The zero-order chi connectivity index (χ0) is 21.7. The first-order valence-electron chi connectivity index (χ1n) is 9.43. The fraction of sp³-hybridized carbons (Fsp3) is 0.174. The lowest BCUT2D eigenvalue weighted by Gasteiger charge is -2.20. The van der Waals surface area contributed by atoms with E-state index in [0.717, 1.165) is 16.3 Å². The highest BCUT2D eigenvalue weighted by Gasteiger charge is 2.25. The zero-order valence-electron chi connectivity index (χ0n) is 16.5. The van der Waals surface area contributed by atoms with Crippen molar-refractivity contribution in [3.05, 3.63) is 81.8 Å². The summed E-state index contributed by atoms with van der Waals surface area (Å²) in [4.78, 5) is 25.2. The summed E-state index contributed by atoms with van der Waals surface area (Å²) < 4.78 is 0. The number of hydrazone groups is 1. The van der Waals surface area contributed by atoms with Crippen LogP contribution < -0.4 is 10.7 Å². The van der Waals surface area contributed by atoms with Gasteiger partial charge >= 0.3 is 0 Å². The van der Waals surface area contributed by atoms with Crippen molar-refractivity contribution >= 4 is 52.0 Å². The van der Waals surface area contributed by atoms with E-state index < -0.39 is 17.9 Å². The summed E-state index contributed by atoms with van der Waals surface area (Å²) in [6, 6.07) is 17.6. The topological polar surface area (TPSA) is 70.6 Å². The Bertz CT molecular complexity index is 1110. The molecule has 1 atom stereocenters. The lowest BCUT2D eigenvalue weighted by atomic mass is 10.0. The molecule has 3 aromatic carbocycles. The number of halogens is 2. The monoisotopic (exact) mass is 441 g/mol. The van der Waals surface area contributed by atoms with E-state index in [-0.39, 0.29) is 16.5 Å². The van der Waals surface area contributed by atoms with E-state index >= 15 is 0 Å². The highest BCUT2D eigenvalue weighted by molar-refractivity contribution is 6.36. The van der Waals surface area contributed by atoms with E-state index in [1.54, 1.807) is 12.3 Å². The summed E-state index contributed by atoms with van der Waals surface area (Å²) in [6.45, 7) is 3.67. The number of hydrogen-bond acceptors (Lipinski definition) is 3. The summed E-state index contributed by atoms with van der Waals surface area (Å²) in [7, 11) is 0. The first-order chi connectivity index (χ1) is 14.4. The molecular weight excluding hydrogens is 421 g/mol. The number of amides is 2. The minimum atomic E-state index is -0.783. The summed E-state index contributed by atoms with van der Waals surface area (Å²) in [5, 5.41) is 9.57. The molecule has 0 saturated heterocycles. The predicted molar refractivity (Wildman–Crippen MR) is 122 cm³/mol. The van der Waals surface area contributed by atoms with Crippen molar-refractivity contribution in [3.8, 4) is 0 Å². The minimum Gasteiger partial charge on any atom is -0.340 e. The van der Waals surface area contributed by atoms with E-state index in [0.29, 0.717) is 5.02 Å². The lowest BCUT2D eigenvalue weighted by molar-refractivity contribution is -0.123. The molecule has 0 bridgehead atoms. The molecule has 0 aliphatic heterocycles. The fourth-order valence-corrected chi connectivity index (χ4v) is 3.52. The molecule has 0 saturated carbocycles. The van der Waals surface area contributed by atoms with Crippen LogP contribution in [-0.4, -0.2) is 24.1 Å². The molecule has 1 unspecified atom stereocenters. The van der Waals surface area contributed by atoms with Gasteiger partial charge in [-0.15, -0.1) is 0 Å². The number of fused-ring (bicyclic) bond motifs is 1. The predicted octanol–water partition coefficient (Wildman–Crippen LogP) is 5.05. The van der Waals surface area contributed by atoms with Gasteiger partial charge in [0.25, 0.3) is 11.8 Å². The molecule has 0 radical (unpaired) electrons. The molecule has 0 fully saturated rings. The van der Waals surface area contributed by atoms with Crippen LogP contribution in [-0.2, 0) is 4.79 Å². The van der Waals surface area contributed by atoms with Crippen LogP contribution in [0.25, 0.3) is 10.8 Å². The normalized spacial score (nSPS) is 12.3. The van der Waals surface area contributed by atoms with Gasteiger partial charge < -0.3 is 5.32 Å². The maximum atomic E-state index is 12.7. The third kappa shape index (κ3) is 5.17. The van der Waals surface area contributed by atoms with Gasteiger partial charge in [-0.05, 0) is 34.9 Å². The van der Waals surface area contributed by atoms with E-state index in [9.17, 15) is 9.59 Å². The Kier molecular flexibility index (Phi) is 7.08. The summed E-state index contributed by atoms with van der Waals surface area (Å²) in [5.74, 6) is -1.03. The van der Waals surface area contributed by atoms with Crippen LogP contribution in [0.1, 0.15) is 29.8 Å². The molecule has 2 N–H and O–H groups in total. The number of carbonyl (C=O) groups excluding carboxylic acids is 2. The summed E-state index contributed by atoms with van der Waals surface area (Å²) in [6.07, 6.45) is 1.59. The van der Waals surface area contributed by atoms with Gasteiger partial charge in [0.05, 0.1) is 16.8 Å². The van der Waals surface area contributed by atoms with Gasteiger partial charge in [0, 0.05) is 10.6 Å². The molecular formula is C23H21Cl2N3O2. The van der Waals surface area contributed by atoms with Crippen molar-refractivity contribution in [2.75, 3.05) is 0 Å². The van der Waals surface area contributed by atoms with E-state index in [2.05, 4.69) is 15.8 Å². The van der Waals surface area contributed by atoms with Crippen LogP contribution in [0, 0.1) is 5.92 Å². The van der Waals surface area contributed by atoms with Gasteiger partial charge in [-0.25, -0.2) is 5.43 Å². The van der Waals surface area contributed by atoms with Gasteiger partial charge in [0.15, 0.2) is 0 Å². The van der Waals surface area contributed by atoms with Gasteiger partial charge in [-0.1, -0.05) is 79.5 Å². The number of carbonyl (C=O) groups is 2. The van der Waals surface area contributed by atoms with Crippen LogP contribution in [0.15, 0.2) is 65.8 Å². The van der Waals surface area contributed by atoms with Crippen LogP contribution in [0.5, 0.6) is 0 Å².